The van der Waals surface area contributed by atoms with Gasteiger partial charge in [0.05, 0.1) is 11.6 Å². The summed E-state index contributed by atoms with van der Waals surface area (Å²) in [5.74, 6) is -2.05. The van der Waals surface area contributed by atoms with Crippen molar-refractivity contribution in [3.63, 3.8) is 0 Å². The van der Waals surface area contributed by atoms with E-state index in [4.69, 9.17) is 15.6 Å². The summed E-state index contributed by atoms with van der Waals surface area (Å²) in [6, 6.07) is 1.49. The lowest BCUT2D eigenvalue weighted by molar-refractivity contribution is -0.138. The van der Waals surface area contributed by atoms with Gasteiger partial charge in [0, 0.05) is 5.56 Å². The van der Waals surface area contributed by atoms with E-state index in [1.165, 1.54) is 19.2 Å². The number of ether oxygens (including phenoxy) is 1. The number of nitrogens with two attached hydrogens (primary N) is 1. The van der Waals surface area contributed by atoms with Crippen LogP contribution in [-0.2, 0) is 4.79 Å². The highest BCUT2D eigenvalue weighted by atomic mass is 79.9. The van der Waals surface area contributed by atoms with E-state index in [9.17, 15) is 9.18 Å². The van der Waals surface area contributed by atoms with Gasteiger partial charge in [0.2, 0.25) is 0 Å². The highest BCUT2D eigenvalue weighted by Gasteiger charge is 2.22. The summed E-state index contributed by atoms with van der Waals surface area (Å²) in [4.78, 5) is 10.6. The average molecular weight is 278 g/mol. The first-order valence-corrected chi connectivity index (χ1v) is 4.78. The molecule has 0 bridgehead atoms. The van der Waals surface area contributed by atoms with Gasteiger partial charge in [-0.2, -0.15) is 0 Å². The predicted molar refractivity (Wildman–Crippen MR) is 55.2 cm³/mol. The van der Waals surface area contributed by atoms with Gasteiger partial charge in [0.1, 0.15) is 6.04 Å². The second kappa shape index (κ2) is 4.59. The predicted octanol–water partition coefficient (Wildman–Crippen LogP) is 1.68. The Bertz CT molecular complexity index is 397. The number of hydrogen-bond acceptors (Lipinski definition) is 3. The van der Waals surface area contributed by atoms with Gasteiger partial charge in [-0.15, -0.1) is 0 Å². The topological polar surface area (TPSA) is 72.5 Å². The van der Waals surface area contributed by atoms with Gasteiger partial charge in [0.25, 0.3) is 0 Å². The van der Waals surface area contributed by atoms with Crippen LogP contribution in [0.4, 0.5) is 4.39 Å². The minimum absolute atomic E-state index is 0.103. The second-order valence-corrected chi connectivity index (χ2v) is 3.65. The molecule has 0 heterocycles. The van der Waals surface area contributed by atoms with Crippen LogP contribution in [0, 0.1) is 5.82 Å². The van der Waals surface area contributed by atoms with Crippen LogP contribution in [0.5, 0.6) is 5.75 Å². The van der Waals surface area contributed by atoms with Gasteiger partial charge in [-0.25, -0.2) is 4.39 Å². The number of methoxy groups -OCH3 is 1. The van der Waals surface area contributed by atoms with Crippen molar-refractivity contribution in [1.29, 1.82) is 0 Å². The maximum atomic E-state index is 13.5. The van der Waals surface area contributed by atoms with Crippen molar-refractivity contribution in [1.82, 2.24) is 0 Å². The van der Waals surface area contributed by atoms with Crippen LogP contribution in [0.25, 0.3) is 0 Å². The third-order valence-electron chi connectivity index (χ3n) is 1.89. The second-order valence-electron chi connectivity index (χ2n) is 2.80. The molecule has 1 aromatic rings. The number of hydrogen-bond donors (Lipinski definition) is 2. The molecule has 0 amide bonds. The Hall–Kier alpha value is -1.14. The summed E-state index contributed by atoms with van der Waals surface area (Å²) >= 11 is 2.96. The molecule has 0 radical (unpaired) electrons. The fourth-order valence-corrected chi connectivity index (χ4v) is 1.44. The van der Waals surface area contributed by atoms with Crippen LogP contribution in [0.15, 0.2) is 16.6 Å². The Morgan fingerprint density at radius 1 is 1.67 bits per heavy atom. The first kappa shape index (κ1) is 11.9. The van der Waals surface area contributed by atoms with Crippen molar-refractivity contribution in [3.8, 4) is 5.75 Å². The Morgan fingerprint density at radius 3 is 2.73 bits per heavy atom. The van der Waals surface area contributed by atoms with Gasteiger partial charge >= 0.3 is 5.97 Å². The van der Waals surface area contributed by atoms with Crippen molar-refractivity contribution >= 4 is 21.9 Å². The number of carboxylic acid groups (broad SMARTS) is 1. The van der Waals surface area contributed by atoms with Gasteiger partial charge in [0.15, 0.2) is 11.6 Å². The van der Waals surface area contributed by atoms with Gasteiger partial charge in [-0.05, 0) is 22.0 Å². The molecular formula is C9H9BrFNO3. The van der Waals surface area contributed by atoms with E-state index in [-0.39, 0.29) is 15.8 Å². The fraction of sp³-hybridized carbons (Fsp3) is 0.222. The van der Waals surface area contributed by atoms with E-state index in [2.05, 4.69) is 15.9 Å². The Labute approximate surface area is 94.0 Å². The van der Waals surface area contributed by atoms with Crippen LogP contribution < -0.4 is 10.5 Å². The lowest BCUT2D eigenvalue weighted by Crippen LogP contribution is -2.21. The molecule has 1 aromatic carbocycles. The molecule has 0 saturated heterocycles. The van der Waals surface area contributed by atoms with E-state index >= 15 is 0 Å². The number of halogens is 2. The van der Waals surface area contributed by atoms with Crippen LogP contribution in [0.3, 0.4) is 0 Å². The molecule has 0 aliphatic heterocycles. The van der Waals surface area contributed by atoms with Gasteiger partial charge < -0.3 is 15.6 Å². The molecule has 3 N–H and O–H groups in total. The van der Waals surface area contributed by atoms with E-state index in [1.54, 1.807) is 0 Å². The largest absolute Gasteiger partial charge is 0.493 e. The zero-order valence-electron chi connectivity index (χ0n) is 7.83. The van der Waals surface area contributed by atoms with Crippen molar-refractivity contribution in [3.05, 3.63) is 28.0 Å². The SMILES string of the molecule is COc1c(C(N)C(=O)O)ccc(Br)c1F. The third-order valence-corrected chi connectivity index (χ3v) is 2.50. The quantitative estimate of drug-likeness (QED) is 0.882. The number of benzene rings is 1. The summed E-state index contributed by atoms with van der Waals surface area (Å²) in [7, 11) is 1.25. The first-order valence-electron chi connectivity index (χ1n) is 3.99. The molecule has 0 aliphatic carbocycles. The maximum Gasteiger partial charge on any atom is 0.325 e. The van der Waals surface area contributed by atoms with Crippen molar-refractivity contribution in [2.75, 3.05) is 7.11 Å². The van der Waals surface area contributed by atoms with Crippen LogP contribution in [0.2, 0.25) is 0 Å². The van der Waals surface area contributed by atoms with Crippen molar-refractivity contribution < 1.29 is 19.0 Å². The minimum Gasteiger partial charge on any atom is -0.493 e. The molecule has 4 nitrogen and oxygen atoms in total. The maximum absolute atomic E-state index is 13.5. The summed E-state index contributed by atoms with van der Waals surface area (Å²) < 4.78 is 18.4. The molecule has 0 spiro atoms. The monoisotopic (exact) mass is 277 g/mol. The standard InChI is InChI=1S/C9H9BrFNO3/c1-15-8-4(7(12)9(13)14)2-3-5(10)6(8)11/h2-3,7H,12H2,1H3,(H,13,14). The van der Waals surface area contributed by atoms with E-state index in [0.717, 1.165) is 0 Å². The Balaban J connectivity index is 3.30. The summed E-state index contributed by atoms with van der Waals surface area (Å²) in [6.45, 7) is 0. The van der Waals surface area contributed by atoms with Crippen molar-refractivity contribution in [2.24, 2.45) is 5.73 Å². The molecule has 1 unspecified atom stereocenters. The zero-order chi connectivity index (χ0) is 11.6. The average Bonchev–Trinajstić information content (AvgIpc) is 2.20. The zero-order valence-corrected chi connectivity index (χ0v) is 9.42. The molecule has 15 heavy (non-hydrogen) atoms. The van der Waals surface area contributed by atoms with Crippen LogP contribution in [0.1, 0.15) is 11.6 Å². The van der Waals surface area contributed by atoms with Crippen LogP contribution >= 0.6 is 15.9 Å². The summed E-state index contributed by atoms with van der Waals surface area (Å²) in [6.07, 6.45) is 0. The number of rotatable bonds is 3. The number of carbonyl (C=O) groups is 1. The normalized spacial score (nSPS) is 12.3. The Morgan fingerprint density at radius 2 is 2.27 bits per heavy atom. The number of aliphatic carboxylic acids is 1. The molecule has 6 heteroatoms. The number of carboxylic acids is 1. The molecule has 1 atom stereocenters. The molecule has 0 aliphatic rings. The molecular weight excluding hydrogens is 269 g/mol. The van der Waals surface area contributed by atoms with Crippen molar-refractivity contribution in [2.45, 2.75) is 6.04 Å². The summed E-state index contributed by atoms with van der Waals surface area (Å²) in [5, 5.41) is 8.70. The lowest BCUT2D eigenvalue weighted by Gasteiger charge is -2.13. The highest BCUT2D eigenvalue weighted by Crippen LogP contribution is 2.31. The fourth-order valence-electron chi connectivity index (χ4n) is 1.13. The van der Waals surface area contributed by atoms with E-state index in [0.29, 0.717) is 0 Å². The lowest BCUT2D eigenvalue weighted by atomic mass is 10.1. The van der Waals surface area contributed by atoms with E-state index < -0.39 is 17.8 Å². The third kappa shape index (κ3) is 2.27. The molecule has 1 rings (SSSR count). The molecule has 0 aromatic heterocycles. The summed E-state index contributed by atoms with van der Waals surface area (Å²) in [5.41, 5.74) is 5.47. The first-order chi connectivity index (χ1) is 6.99. The molecule has 0 saturated carbocycles. The van der Waals surface area contributed by atoms with Gasteiger partial charge in [-0.3, -0.25) is 4.79 Å². The van der Waals surface area contributed by atoms with Crippen LogP contribution in [-0.4, -0.2) is 18.2 Å². The Kier molecular flexibility index (Phi) is 3.65. The molecule has 0 fully saturated rings. The van der Waals surface area contributed by atoms with Gasteiger partial charge in [-0.1, -0.05) is 6.07 Å². The minimum atomic E-state index is -1.30. The molecule has 82 valence electrons. The highest BCUT2D eigenvalue weighted by molar-refractivity contribution is 9.10. The van der Waals surface area contributed by atoms with E-state index in [1.807, 2.05) is 0 Å². The smallest absolute Gasteiger partial charge is 0.325 e.